The molecule has 1 aliphatic rings. The quantitative estimate of drug-likeness (QED) is 0.630. The summed E-state index contributed by atoms with van der Waals surface area (Å²) in [6.45, 7) is 5.11. The van der Waals surface area contributed by atoms with Crippen molar-refractivity contribution in [3.05, 3.63) is 54.1 Å². The Labute approximate surface area is 173 Å². The van der Waals surface area contributed by atoms with Gasteiger partial charge in [0, 0.05) is 10.5 Å². The number of rotatable bonds is 6. The molecule has 0 bridgehead atoms. The van der Waals surface area contributed by atoms with E-state index < -0.39 is 0 Å². The van der Waals surface area contributed by atoms with E-state index in [9.17, 15) is 4.79 Å². The number of morpholine rings is 1. The van der Waals surface area contributed by atoms with Gasteiger partial charge in [0.1, 0.15) is 13.1 Å². The molecule has 0 radical (unpaired) electrons. The minimum absolute atomic E-state index is 0.0163. The predicted octanol–water partition coefficient (Wildman–Crippen LogP) is 2.58. The van der Waals surface area contributed by atoms with Crippen LogP contribution in [0, 0.1) is 0 Å². The second-order valence-electron chi connectivity index (χ2n) is 6.77. The Hall–Kier alpha value is -1.93. The van der Waals surface area contributed by atoms with Crippen LogP contribution < -0.4 is 9.80 Å². The maximum absolute atomic E-state index is 13.4. The van der Waals surface area contributed by atoms with Gasteiger partial charge in [0.15, 0.2) is 5.13 Å². The van der Waals surface area contributed by atoms with Crippen LogP contribution in [0.25, 0.3) is 10.2 Å². The van der Waals surface area contributed by atoms with Gasteiger partial charge in [0.2, 0.25) is 0 Å². The third-order valence-electron chi connectivity index (χ3n) is 4.96. The van der Waals surface area contributed by atoms with Gasteiger partial charge < -0.3 is 9.64 Å². The molecular formula is C21H24N3O2S2+. The molecule has 0 atom stereocenters. The largest absolute Gasteiger partial charge is 0.370 e. The van der Waals surface area contributed by atoms with E-state index in [1.165, 1.54) is 4.90 Å². The summed E-state index contributed by atoms with van der Waals surface area (Å²) < 4.78 is 6.56. The number of thiazole rings is 1. The fourth-order valence-electron chi connectivity index (χ4n) is 3.35. The summed E-state index contributed by atoms with van der Waals surface area (Å²) in [7, 11) is 0. The number of amides is 1. The topological polar surface area (TPSA) is 46.9 Å². The van der Waals surface area contributed by atoms with Crippen LogP contribution in [-0.2, 0) is 4.74 Å². The molecule has 5 nitrogen and oxygen atoms in total. The second kappa shape index (κ2) is 9.05. The van der Waals surface area contributed by atoms with Gasteiger partial charge in [-0.05, 0) is 36.6 Å². The molecule has 0 unspecified atom stereocenters. The van der Waals surface area contributed by atoms with Crippen molar-refractivity contribution < 1.29 is 14.4 Å². The summed E-state index contributed by atoms with van der Waals surface area (Å²) in [5.74, 6) is 0.0163. The van der Waals surface area contributed by atoms with Gasteiger partial charge in [-0.2, -0.15) is 0 Å². The van der Waals surface area contributed by atoms with Crippen LogP contribution in [0.1, 0.15) is 10.4 Å². The number of aromatic nitrogens is 1. The van der Waals surface area contributed by atoms with E-state index >= 15 is 0 Å². The predicted molar refractivity (Wildman–Crippen MR) is 116 cm³/mol. The lowest BCUT2D eigenvalue weighted by Gasteiger charge is -2.27. The van der Waals surface area contributed by atoms with Crippen LogP contribution in [0.4, 0.5) is 5.13 Å². The monoisotopic (exact) mass is 414 g/mol. The highest BCUT2D eigenvalue weighted by molar-refractivity contribution is 7.98. The minimum Gasteiger partial charge on any atom is -0.370 e. The molecule has 1 N–H and O–H groups in total. The maximum Gasteiger partial charge on any atom is 0.260 e. The van der Waals surface area contributed by atoms with Crippen LogP contribution in [0.2, 0.25) is 0 Å². The Bertz CT molecular complexity index is 920. The number of benzene rings is 2. The number of hydrogen-bond acceptors (Lipinski definition) is 5. The summed E-state index contributed by atoms with van der Waals surface area (Å²) >= 11 is 3.23. The number of para-hydroxylation sites is 1. The molecule has 2 aromatic carbocycles. The van der Waals surface area contributed by atoms with E-state index in [2.05, 4.69) is 6.07 Å². The first-order valence-electron chi connectivity index (χ1n) is 9.47. The van der Waals surface area contributed by atoms with E-state index in [1.54, 1.807) is 23.1 Å². The van der Waals surface area contributed by atoms with Gasteiger partial charge in [0.25, 0.3) is 5.91 Å². The molecule has 0 spiro atoms. The number of ether oxygens (including phenoxy) is 1. The van der Waals surface area contributed by atoms with Crippen LogP contribution in [-0.4, -0.2) is 56.5 Å². The molecule has 1 aromatic heterocycles. The maximum atomic E-state index is 13.4. The molecule has 4 rings (SSSR count). The Morgan fingerprint density at radius 2 is 2.04 bits per heavy atom. The lowest BCUT2D eigenvalue weighted by Crippen LogP contribution is -3.14. The summed E-state index contributed by atoms with van der Waals surface area (Å²) in [5.41, 5.74) is 1.65. The molecule has 2 heterocycles. The fourth-order valence-corrected chi connectivity index (χ4v) is 4.80. The summed E-state index contributed by atoms with van der Waals surface area (Å²) in [4.78, 5) is 22.6. The number of quaternary nitrogens is 1. The zero-order valence-corrected chi connectivity index (χ0v) is 17.5. The van der Waals surface area contributed by atoms with Gasteiger partial charge in [-0.25, -0.2) is 4.98 Å². The molecule has 1 aliphatic heterocycles. The van der Waals surface area contributed by atoms with Crippen LogP contribution >= 0.6 is 23.1 Å². The van der Waals surface area contributed by atoms with Crippen molar-refractivity contribution in [3.8, 4) is 0 Å². The highest BCUT2D eigenvalue weighted by Gasteiger charge is 2.24. The Morgan fingerprint density at radius 1 is 1.21 bits per heavy atom. The summed E-state index contributed by atoms with van der Waals surface area (Å²) in [6.07, 6.45) is 2.02. The zero-order valence-electron chi connectivity index (χ0n) is 15.9. The van der Waals surface area contributed by atoms with Crippen molar-refractivity contribution in [2.24, 2.45) is 0 Å². The average Bonchev–Trinajstić information content (AvgIpc) is 3.18. The highest BCUT2D eigenvalue weighted by atomic mass is 32.2. The molecule has 0 saturated carbocycles. The van der Waals surface area contributed by atoms with E-state index in [0.717, 1.165) is 53.1 Å². The van der Waals surface area contributed by atoms with Gasteiger partial charge in [0.05, 0.1) is 36.5 Å². The van der Waals surface area contributed by atoms with Crippen molar-refractivity contribution in [2.45, 2.75) is 4.90 Å². The number of carbonyl (C=O) groups excluding carboxylic acids is 1. The van der Waals surface area contributed by atoms with E-state index in [4.69, 9.17) is 9.72 Å². The number of nitrogens with zero attached hydrogens (tertiary/aromatic N) is 2. The Kier molecular flexibility index (Phi) is 6.26. The Morgan fingerprint density at radius 3 is 2.82 bits per heavy atom. The normalized spacial score (nSPS) is 15.0. The smallest absolute Gasteiger partial charge is 0.260 e. The van der Waals surface area contributed by atoms with Crippen molar-refractivity contribution in [2.75, 3.05) is 50.5 Å². The number of thioether (sulfide) groups is 1. The zero-order chi connectivity index (χ0) is 19.3. The van der Waals surface area contributed by atoms with Crippen molar-refractivity contribution in [1.29, 1.82) is 0 Å². The summed E-state index contributed by atoms with van der Waals surface area (Å²) in [6, 6.07) is 15.9. The lowest BCUT2D eigenvalue weighted by atomic mass is 10.2. The average molecular weight is 415 g/mol. The third kappa shape index (κ3) is 4.38. The Balaban J connectivity index is 1.62. The number of carbonyl (C=O) groups is 1. The van der Waals surface area contributed by atoms with E-state index in [0.29, 0.717) is 12.1 Å². The SMILES string of the molecule is CSc1cccc(C(=O)N(CC[NH+]2CCOCC2)c2nc3ccccc3s2)c1. The lowest BCUT2D eigenvalue weighted by molar-refractivity contribution is -0.906. The first-order chi connectivity index (χ1) is 13.7. The first kappa shape index (κ1) is 19.4. The van der Waals surface area contributed by atoms with Crippen molar-refractivity contribution in [1.82, 2.24) is 4.98 Å². The van der Waals surface area contributed by atoms with Crippen LogP contribution in [0.15, 0.2) is 53.4 Å². The minimum atomic E-state index is 0.0163. The third-order valence-corrected chi connectivity index (χ3v) is 6.75. The highest BCUT2D eigenvalue weighted by Crippen LogP contribution is 2.29. The first-order valence-corrected chi connectivity index (χ1v) is 11.5. The van der Waals surface area contributed by atoms with Gasteiger partial charge in [-0.1, -0.05) is 29.5 Å². The molecule has 3 aromatic rings. The molecule has 146 valence electrons. The second-order valence-corrected chi connectivity index (χ2v) is 8.65. The van der Waals surface area contributed by atoms with Gasteiger partial charge in [-0.15, -0.1) is 11.8 Å². The van der Waals surface area contributed by atoms with Crippen LogP contribution in [0.5, 0.6) is 0 Å². The van der Waals surface area contributed by atoms with Crippen molar-refractivity contribution in [3.63, 3.8) is 0 Å². The van der Waals surface area contributed by atoms with Gasteiger partial charge in [-0.3, -0.25) is 9.69 Å². The number of fused-ring (bicyclic) bond motifs is 1. The number of nitrogens with one attached hydrogen (secondary N) is 1. The summed E-state index contributed by atoms with van der Waals surface area (Å²) in [5, 5.41) is 0.772. The molecular weight excluding hydrogens is 390 g/mol. The number of hydrogen-bond donors (Lipinski definition) is 1. The van der Waals surface area contributed by atoms with E-state index in [-0.39, 0.29) is 5.91 Å². The van der Waals surface area contributed by atoms with Crippen LogP contribution in [0.3, 0.4) is 0 Å². The molecule has 28 heavy (non-hydrogen) atoms. The van der Waals surface area contributed by atoms with E-state index in [1.807, 2.05) is 53.6 Å². The molecule has 7 heteroatoms. The standard InChI is InChI=1S/C21H23N3O2S2/c1-27-17-6-4-5-16(15-17)20(25)24(10-9-23-11-13-26-14-12-23)21-22-18-7-2-3-8-19(18)28-21/h2-8,15H,9-14H2,1H3/p+1. The van der Waals surface area contributed by atoms with Gasteiger partial charge >= 0.3 is 0 Å². The van der Waals surface area contributed by atoms with Crippen molar-refractivity contribution >= 4 is 44.4 Å². The molecule has 1 fully saturated rings. The molecule has 0 aliphatic carbocycles. The molecule has 1 amide bonds. The fraction of sp³-hybridized carbons (Fsp3) is 0.333. The number of anilines is 1. The molecule has 1 saturated heterocycles.